The number of aryl methyl sites for hydroxylation is 1. The zero-order valence-electron chi connectivity index (χ0n) is 13.4. The van der Waals surface area contributed by atoms with Crippen molar-refractivity contribution in [1.82, 2.24) is 14.7 Å². The molecule has 1 aromatic carbocycles. The average molecular weight is 315 g/mol. The van der Waals surface area contributed by atoms with Gasteiger partial charge in [0.05, 0.1) is 11.8 Å². The molecular formula is C17H21N3O3. The smallest absolute Gasteiger partial charge is 0.303 e. The van der Waals surface area contributed by atoms with Crippen LogP contribution in [-0.4, -0.2) is 38.2 Å². The fourth-order valence-electron chi connectivity index (χ4n) is 2.36. The third-order valence-electron chi connectivity index (χ3n) is 3.79. The van der Waals surface area contributed by atoms with Crippen LogP contribution in [0.5, 0.6) is 0 Å². The summed E-state index contributed by atoms with van der Waals surface area (Å²) in [5.41, 5.74) is 2.36. The molecule has 1 aromatic heterocycles. The number of carboxylic acid groups (broad SMARTS) is 1. The first-order chi connectivity index (χ1) is 11.0. The van der Waals surface area contributed by atoms with Crippen LogP contribution < -0.4 is 0 Å². The van der Waals surface area contributed by atoms with E-state index in [1.807, 2.05) is 37.3 Å². The van der Waals surface area contributed by atoms with Crippen molar-refractivity contribution >= 4 is 11.9 Å². The van der Waals surface area contributed by atoms with Gasteiger partial charge in [-0.05, 0) is 18.9 Å². The first kappa shape index (κ1) is 16.7. The van der Waals surface area contributed by atoms with Crippen LogP contribution in [0.25, 0.3) is 0 Å². The third kappa shape index (κ3) is 4.42. The Hall–Kier alpha value is -2.63. The molecule has 0 radical (unpaired) electrons. The van der Waals surface area contributed by atoms with Gasteiger partial charge in [0.15, 0.2) is 0 Å². The Morgan fingerprint density at radius 1 is 1.26 bits per heavy atom. The molecule has 0 bridgehead atoms. The number of amides is 1. The molecule has 1 N–H and O–H groups in total. The van der Waals surface area contributed by atoms with Crippen LogP contribution in [0.4, 0.5) is 0 Å². The number of carbonyl (C=O) groups is 2. The van der Waals surface area contributed by atoms with Crippen LogP contribution in [0, 0.1) is 6.92 Å². The van der Waals surface area contributed by atoms with E-state index in [9.17, 15) is 9.59 Å². The normalized spacial score (nSPS) is 10.5. The minimum Gasteiger partial charge on any atom is -0.481 e. The van der Waals surface area contributed by atoms with Crippen LogP contribution in [0.3, 0.4) is 0 Å². The van der Waals surface area contributed by atoms with Gasteiger partial charge in [-0.25, -0.2) is 0 Å². The molecule has 0 aliphatic carbocycles. The minimum absolute atomic E-state index is 0.0462. The van der Waals surface area contributed by atoms with E-state index in [2.05, 4.69) is 5.10 Å². The predicted octanol–water partition coefficient (Wildman–Crippen LogP) is 2.24. The lowest BCUT2D eigenvalue weighted by molar-refractivity contribution is -0.137. The van der Waals surface area contributed by atoms with E-state index in [0.717, 1.165) is 11.3 Å². The van der Waals surface area contributed by atoms with Crippen molar-refractivity contribution in [2.24, 2.45) is 7.05 Å². The van der Waals surface area contributed by atoms with E-state index in [0.29, 0.717) is 25.1 Å². The molecule has 2 aromatic rings. The molecule has 6 nitrogen and oxygen atoms in total. The summed E-state index contributed by atoms with van der Waals surface area (Å²) >= 11 is 0. The highest BCUT2D eigenvalue weighted by molar-refractivity contribution is 5.95. The van der Waals surface area contributed by atoms with Gasteiger partial charge in [0, 0.05) is 32.3 Å². The molecule has 0 saturated carbocycles. The van der Waals surface area contributed by atoms with Crippen molar-refractivity contribution in [3.63, 3.8) is 0 Å². The lowest BCUT2D eigenvalue weighted by Gasteiger charge is -2.22. The Bertz CT molecular complexity index is 680. The fourth-order valence-corrected chi connectivity index (χ4v) is 2.36. The van der Waals surface area contributed by atoms with Crippen molar-refractivity contribution in [2.45, 2.75) is 26.3 Å². The Morgan fingerprint density at radius 2 is 1.96 bits per heavy atom. The molecule has 122 valence electrons. The summed E-state index contributed by atoms with van der Waals surface area (Å²) in [6.07, 6.45) is 2.03. The minimum atomic E-state index is -0.852. The molecule has 0 aliphatic heterocycles. The molecule has 1 heterocycles. The van der Waals surface area contributed by atoms with Crippen molar-refractivity contribution in [3.8, 4) is 0 Å². The summed E-state index contributed by atoms with van der Waals surface area (Å²) in [4.78, 5) is 25.2. The third-order valence-corrected chi connectivity index (χ3v) is 3.79. The number of hydrogen-bond donors (Lipinski definition) is 1. The van der Waals surface area contributed by atoms with Crippen LogP contribution in [0.15, 0.2) is 36.5 Å². The molecule has 0 fully saturated rings. The summed E-state index contributed by atoms with van der Waals surface area (Å²) in [5.74, 6) is -0.973. The van der Waals surface area contributed by atoms with Crippen molar-refractivity contribution in [3.05, 3.63) is 53.3 Å². The number of carboxylic acids is 1. The molecule has 23 heavy (non-hydrogen) atoms. The van der Waals surface area contributed by atoms with Gasteiger partial charge in [-0.2, -0.15) is 5.10 Å². The van der Waals surface area contributed by atoms with E-state index in [4.69, 9.17) is 5.11 Å². The zero-order chi connectivity index (χ0) is 16.8. The van der Waals surface area contributed by atoms with Crippen molar-refractivity contribution in [1.29, 1.82) is 0 Å². The SMILES string of the molecule is Cc1c(C(=O)N(CCCC(=O)O)Cc2ccccc2)cnn1C. The van der Waals surface area contributed by atoms with Crippen LogP contribution >= 0.6 is 0 Å². The Morgan fingerprint density at radius 3 is 2.52 bits per heavy atom. The van der Waals surface area contributed by atoms with E-state index in [1.165, 1.54) is 0 Å². The van der Waals surface area contributed by atoms with Gasteiger partial charge in [0.2, 0.25) is 0 Å². The van der Waals surface area contributed by atoms with Crippen molar-refractivity contribution in [2.75, 3.05) is 6.54 Å². The monoisotopic (exact) mass is 315 g/mol. The van der Waals surface area contributed by atoms with Gasteiger partial charge >= 0.3 is 5.97 Å². The summed E-state index contributed by atoms with van der Waals surface area (Å²) in [6, 6.07) is 9.67. The average Bonchev–Trinajstić information content (AvgIpc) is 2.86. The second kappa shape index (κ2) is 7.58. The molecule has 0 atom stereocenters. The number of nitrogens with zero attached hydrogens (tertiary/aromatic N) is 3. The van der Waals surface area contributed by atoms with Crippen LogP contribution in [0.2, 0.25) is 0 Å². The Balaban J connectivity index is 2.16. The molecule has 0 aliphatic rings. The molecule has 1 amide bonds. The van der Waals surface area contributed by atoms with Gasteiger partial charge in [-0.1, -0.05) is 30.3 Å². The van der Waals surface area contributed by atoms with E-state index in [-0.39, 0.29) is 12.3 Å². The standard InChI is InChI=1S/C17H21N3O3/c1-13-15(11-18-19(13)2)17(23)20(10-6-9-16(21)22)12-14-7-4-3-5-8-14/h3-5,7-8,11H,6,9-10,12H2,1-2H3,(H,21,22). The van der Waals surface area contributed by atoms with E-state index in [1.54, 1.807) is 22.8 Å². The first-order valence-electron chi connectivity index (χ1n) is 7.52. The van der Waals surface area contributed by atoms with Crippen molar-refractivity contribution < 1.29 is 14.7 Å². The molecule has 0 saturated heterocycles. The highest BCUT2D eigenvalue weighted by Crippen LogP contribution is 2.14. The lowest BCUT2D eigenvalue weighted by Crippen LogP contribution is -2.32. The van der Waals surface area contributed by atoms with Gasteiger partial charge in [0.1, 0.15) is 0 Å². The maximum Gasteiger partial charge on any atom is 0.303 e. The second-order valence-corrected chi connectivity index (χ2v) is 5.48. The quantitative estimate of drug-likeness (QED) is 0.850. The molecule has 2 rings (SSSR count). The van der Waals surface area contributed by atoms with Crippen LogP contribution in [-0.2, 0) is 18.4 Å². The summed E-state index contributed by atoms with van der Waals surface area (Å²) < 4.78 is 1.66. The number of rotatable bonds is 7. The molecule has 0 spiro atoms. The maximum absolute atomic E-state index is 12.8. The topological polar surface area (TPSA) is 75.4 Å². The highest BCUT2D eigenvalue weighted by Gasteiger charge is 2.20. The fraction of sp³-hybridized carbons (Fsp3) is 0.353. The summed E-state index contributed by atoms with van der Waals surface area (Å²) in [5, 5.41) is 12.9. The summed E-state index contributed by atoms with van der Waals surface area (Å²) in [7, 11) is 1.79. The molecule has 6 heteroatoms. The number of carbonyl (C=O) groups excluding carboxylic acids is 1. The Labute approximate surface area is 135 Å². The zero-order valence-corrected chi connectivity index (χ0v) is 13.4. The van der Waals surface area contributed by atoms with Gasteiger partial charge in [-0.15, -0.1) is 0 Å². The molecule has 0 unspecified atom stereocenters. The van der Waals surface area contributed by atoms with Gasteiger partial charge < -0.3 is 10.0 Å². The van der Waals surface area contributed by atoms with Crippen LogP contribution in [0.1, 0.15) is 34.5 Å². The van der Waals surface area contributed by atoms with E-state index >= 15 is 0 Å². The Kier molecular flexibility index (Phi) is 5.51. The highest BCUT2D eigenvalue weighted by atomic mass is 16.4. The number of benzene rings is 1. The predicted molar refractivity (Wildman–Crippen MR) is 86.0 cm³/mol. The van der Waals surface area contributed by atoms with Gasteiger partial charge in [0.25, 0.3) is 5.91 Å². The van der Waals surface area contributed by atoms with Gasteiger partial charge in [-0.3, -0.25) is 14.3 Å². The molecular weight excluding hydrogens is 294 g/mol. The largest absolute Gasteiger partial charge is 0.481 e. The summed E-state index contributed by atoms with van der Waals surface area (Å²) in [6.45, 7) is 2.69. The van der Waals surface area contributed by atoms with E-state index < -0.39 is 5.97 Å². The first-order valence-corrected chi connectivity index (χ1v) is 7.52. The maximum atomic E-state index is 12.8. The number of aliphatic carboxylic acids is 1. The second-order valence-electron chi connectivity index (χ2n) is 5.48. The number of aromatic nitrogens is 2. The lowest BCUT2D eigenvalue weighted by atomic mass is 10.1. The number of hydrogen-bond acceptors (Lipinski definition) is 3.